The highest BCUT2D eigenvalue weighted by Gasteiger charge is 2.31. The quantitative estimate of drug-likeness (QED) is 0.569. The average molecular weight is 154 g/mol. The van der Waals surface area contributed by atoms with Gasteiger partial charge in [0.1, 0.15) is 0 Å². The second-order valence-electron chi connectivity index (χ2n) is 2.82. The highest BCUT2D eigenvalue weighted by Crippen LogP contribution is 2.28. The third-order valence-corrected chi connectivity index (χ3v) is 1.19. The van der Waals surface area contributed by atoms with Gasteiger partial charge in [0.15, 0.2) is 0 Å². The molecule has 0 atom stereocenters. The molecule has 0 aromatic carbocycles. The minimum absolute atomic E-state index is 0.718. The molecule has 0 aromatic rings. The number of carbonyl (C=O) groups is 1. The van der Waals surface area contributed by atoms with Crippen LogP contribution in [-0.2, 0) is 4.79 Å². The summed E-state index contributed by atoms with van der Waals surface area (Å²) in [6.07, 6.45) is -3.38. The molecule has 0 rings (SSSR count). The van der Waals surface area contributed by atoms with Crippen LogP contribution in [0.2, 0.25) is 0 Å². The fourth-order valence-electron chi connectivity index (χ4n) is 0.435. The van der Waals surface area contributed by atoms with E-state index in [-0.39, 0.29) is 0 Å². The maximum Gasteiger partial charge on any atom is 0.302 e. The van der Waals surface area contributed by atoms with E-state index < -0.39 is 24.3 Å². The van der Waals surface area contributed by atoms with E-state index in [1.807, 2.05) is 0 Å². The van der Waals surface area contributed by atoms with Crippen molar-refractivity contribution in [3.05, 3.63) is 0 Å². The standard InChI is InChI=1S/C6H9F3O/c1-6(2,5(8)9)3-4(7)10/h5H,3H2,1-2H3. The van der Waals surface area contributed by atoms with Gasteiger partial charge in [-0.05, 0) is 0 Å². The molecule has 0 bridgehead atoms. The fourth-order valence-corrected chi connectivity index (χ4v) is 0.435. The third-order valence-electron chi connectivity index (χ3n) is 1.19. The molecule has 0 saturated carbocycles. The first-order valence-electron chi connectivity index (χ1n) is 2.83. The van der Waals surface area contributed by atoms with E-state index in [9.17, 15) is 18.0 Å². The summed E-state index contributed by atoms with van der Waals surface area (Å²) in [5.41, 5.74) is -1.54. The monoisotopic (exact) mass is 154 g/mol. The van der Waals surface area contributed by atoms with E-state index in [4.69, 9.17) is 0 Å². The number of rotatable bonds is 3. The summed E-state index contributed by atoms with van der Waals surface area (Å²) < 4.78 is 35.3. The maximum absolute atomic E-state index is 11.9. The van der Waals surface area contributed by atoms with Crippen molar-refractivity contribution >= 4 is 6.04 Å². The van der Waals surface area contributed by atoms with E-state index in [1.165, 1.54) is 0 Å². The van der Waals surface area contributed by atoms with Crippen LogP contribution in [-0.4, -0.2) is 12.5 Å². The van der Waals surface area contributed by atoms with Gasteiger partial charge in [-0.25, -0.2) is 8.78 Å². The molecule has 1 nitrogen and oxygen atoms in total. The van der Waals surface area contributed by atoms with Gasteiger partial charge in [-0.1, -0.05) is 13.8 Å². The van der Waals surface area contributed by atoms with Crippen LogP contribution in [0.4, 0.5) is 13.2 Å². The molecule has 0 radical (unpaired) electrons. The van der Waals surface area contributed by atoms with Gasteiger partial charge < -0.3 is 0 Å². The molecule has 0 N–H and O–H groups in total. The lowest BCUT2D eigenvalue weighted by atomic mass is 9.90. The number of alkyl halides is 2. The van der Waals surface area contributed by atoms with Crippen molar-refractivity contribution in [2.45, 2.75) is 26.7 Å². The van der Waals surface area contributed by atoms with Gasteiger partial charge in [0.25, 0.3) is 0 Å². The van der Waals surface area contributed by atoms with Crippen LogP contribution in [0.3, 0.4) is 0 Å². The molecule has 0 amide bonds. The number of carbonyl (C=O) groups excluding carboxylic acids is 1. The molecule has 0 heterocycles. The zero-order valence-corrected chi connectivity index (χ0v) is 5.83. The predicted octanol–water partition coefficient (Wildman–Crippen LogP) is 2.16. The van der Waals surface area contributed by atoms with Gasteiger partial charge in [0.05, 0.1) is 0 Å². The molecule has 0 spiro atoms. The summed E-state index contributed by atoms with van der Waals surface area (Å²) in [6, 6.07) is -1.69. The molecule has 4 heteroatoms. The zero-order valence-electron chi connectivity index (χ0n) is 5.83. The smallest absolute Gasteiger partial charge is 0.261 e. The molecule has 10 heavy (non-hydrogen) atoms. The Balaban J connectivity index is 3.99. The largest absolute Gasteiger partial charge is 0.302 e. The minimum Gasteiger partial charge on any atom is -0.261 e. The SMILES string of the molecule is CC(C)(CC(=O)F)C(F)F. The molecule has 0 aromatic heterocycles. The third kappa shape index (κ3) is 2.85. The van der Waals surface area contributed by atoms with Gasteiger partial charge in [-0.3, -0.25) is 4.79 Å². The van der Waals surface area contributed by atoms with Crippen LogP contribution in [0.1, 0.15) is 20.3 Å². The Morgan fingerprint density at radius 2 is 1.90 bits per heavy atom. The molecule has 0 aliphatic carbocycles. The normalized spacial score (nSPS) is 12.2. The first kappa shape index (κ1) is 9.46. The Kier molecular flexibility index (Phi) is 2.87. The van der Waals surface area contributed by atoms with Crippen LogP contribution < -0.4 is 0 Å². The van der Waals surface area contributed by atoms with Crippen LogP contribution >= 0.6 is 0 Å². The van der Waals surface area contributed by atoms with Crippen LogP contribution in [0, 0.1) is 5.41 Å². The van der Waals surface area contributed by atoms with Gasteiger partial charge in [-0.15, -0.1) is 0 Å². The lowest BCUT2D eigenvalue weighted by Gasteiger charge is -2.19. The van der Waals surface area contributed by atoms with E-state index in [0.29, 0.717) is 0 Å². The topological polar surface area (TPSA) is 17.1 Å². The van der Waals surface area contributed by atoms with Gasteiger partial charge >= 0.3 is 6.04 Å². The van der Waals surface area contributed by atoms with Crippen molar-refractivity contribution in [3.8, 4) is 0 Å². The minimum atomic E-state index is -2.66. The Morgan fingerprint density at radius 1 is 1.50 bits per heavy atom. The molecule has 0 saturated heterocycles. The Bertz CT molecular complexity index is 131. The van der Waals surface area contributed by atoms with Gasteiger partial charge in [-0.2, -0.15) is 4.39 Å². The summed E-state index contributed by atoms with van der Waals surface area (Å²) in [6.45, 7) is 2.30. The first-order chi connectivity index (χ1) is 4.36. The van der Waals surface area contributed by atoms with Crippen molar-refractivity contribution in [1.82, 2.24) is 0 Å². The maximum atomic E-state index is 11.9. The van der Waals surface area contributed by atoms with E-state index in [1.54, 1.807) is 0 Å². The molecular formula is C6H9F3O. The Labute approximate surface area is 57.2 Å². The zero-order chi connectivity index (χ0) is 8.36. The van der Waals surface area contributed by atoms with Crippen molar-refractivity contribution in [1.29, 1.82) is 0 Å². The molecule has 0 aliphatic rings. The van der Waals surface area contributed by atoms with E-state index in [0.717, 1.165) is 13.8 Å². The molecule has 0 fully saturated rings. The van der Waals surface area contributed by atoms with Crippen LogP contribution in [0.5, 0.6) is 0 Å². The second-order valence-corrected chi connectivity index (χ2v) is 2.82. The van der Waals surface area contributed by atoms with Crippen molar-refractivity contribution in [3.63, 3.8) is 0 Å². The first-order valence-corrected chi connectivity index (χ1v) is 2.83. The Hall–Kier alpha value is -0.540. The van der Waals surface area contributed by atoms with Crippen molar-refractivity contribution in [2.24, 2.45) is 5.41 Å². The number of hydrogen-bond acceptors (Lipinski definition) is 1. The highest BCUT2D eigenvalue weighted by atomic mass is 19.3. The van der Waals surface area contributed by atoms with E-state index >= 15 is 0 Å². The van der Waals surface area contributed by atoms with Gasteiger partial charge in [0.2, 0.25) is 6.43 Å². The van der Waals surface area contributed by atoms with Crippen LogP contribution in [0.15, 0.2) is 0 Å². The highest BCUT2D eigenvalue weighted by molar-refractivity contribution is 5.68. The van der Waals surface area contributed by atoms with Gasteiger partial charge in [0, 0.05) is 11.8 Å². The van der Waals surface area contributed by atoms with Crippen molar-refractivity contribution < 1.29 is 18.0 Å². The van der Waals surface area contributed by atoms with Crippen LogP contribution in [0.25, 0.3) is 0 Å². The number of halogens is 3. The summed E-state index contributed by atoms with van der Waals surface area (Å²) in [5, 5.41) is 0. The van der Waals surface area contributed by atoms with E-state index in [2.05, 4.69) is 0 Å². The molecule has 0 aliphatic heterocycles. The Morgan fingerprint density at radius 3 is 2.00 bits per heavy atom. The summed E-state index contributed by atoms with van der Waals surface area (Å²) in [5.74, 6) is 0. The molecule has 60 valence electrons. The lowest BCUT2D eigenvalue weighted by Crippen LogP contribution is -2.23. The summed E-state index contributed by atoms with van der Waals surface area (Å²) in [7, 11) is 0. The fraction of sp³-hybridized carbons (Fsp3) is 0.833. The number of hydrogen-bond donors (Lipinski definition) is 0. The lowest BCUT2D eigenvalue weighted by molar-refractivity contribution is -0.134. The predicted molar refractivity (Wildman–Crippen MR) is 30.5 cm³/mol. The molecular weight excluding hydrogens is 145 g/mol. The summed E-state index contributed by atoms with van der Waals surface area (Å²) in [4.78, 5) is 9.76. The molecule has 0 unspecified atom stereocenters. The van der Waals surface area contributed by atoms with Crippen molar-refractivity contribution in [2.75, 3.05) is 0 Å². The summed E-state index contributed by atoms with van der Waals surface area (Å²) >= 11 is 0. The second kappa shape index (κ2) is 3.03. The average Bonchev–Trinajstić information content (AvgIpc) is 1.60.